The van der Waals surface area contributed by atoms with E-state index in [0.717, 1.165) is 0 Å². The Morgan fingerprint density at radius 1 is 1.35 bits per heavy atom. The van der Waals surface area contributed by atoms with Gasteiger partial charge in [0.15, 0.2) is 0 Å². The van der Waals surface area contributed by atoms with Crippen molar-refractivity contribution in [1.29, 1.82) is 0 Å². The Morgan fingerprint density at radius 2 is 1.82 bits per heavy atom. The number of nitrogens with two attached hydrogens (primary N) is 1. The number of halogens is 2. The van der Waals surface area contributed by atoms with Crippen LogP contribution in [0.1, 0.15) is 34.6 Å². The van der Waals surface area contributed by atoms with E-state index in [1.54, 1.807) is 34.6 Å². The van der Waals surface area contributed by atoms with E-state index in [0.29, 0.717) is 0 Å². The fourth-order valence-electron chi connectivity index (χ4n) is 1.32. The molecule has 0 saturated heterocycles. The number of ether oxygens (including phenoxy) is 1. The fraction of sp³-hybridized carbons (Fsp3) is 0.909. The van der Waals surface area contributed by atoms with Gasteiger partial charge in [-0.3, -0.25) is 0 Å². The lowest BCUT2D eigenvalue weighted by Crippen LogP contribution is -2.54. The minimum atomic E-state index is -3.15. The average Bonchev–Trinajstić information content (AvgIpc) is 2.10. The third kappa shape index (κ3) is 5.81. The van der Waals surface area contributed by atoms with Crippen LogP contribution in [0.4, 0.5) is 13.6 Å². The normalized spacial score (nSPS) is 14.6. The van der Waals surface area contributed by atoms with Gasteiger partial charge in [0, 0.05) is 0 Å². The molecule has 0 aromatic heterocycles. The molecule has 0 aromatic rings. The van der Waals surface area contributed by atoms with Gasteiger partial charge in [-0.1, -0.05) is 13.8 Å². The number of amides is 1. The van der Waals surface area contributed by atoms with Crippen LogP contribution in [0.3, 0.4) is 0 Å². The highest BCUT2D eigenvalue weighted by atomic mass is 19.3. The molecule has 0 aliphatic rings. The summed E-state index contributed by atoms with van der Waals surface area (Å²) in [5.41, 5.74) is 4.29. The Balaban J connectivity index is 4.63. The van der Waals surface area contributed by atoms with Gasteiger partial charge in [-0.2, -0.15) is 0 Å². The molecule has 4 nitrogen and oxygen atoms in total. The SMILES string of the molecule is CC(C)C(NC(=O)OC(C)(C)C)C(F)(F)CN. The van der Waals surface area contributed by atoms with Gasteiger partial charge in [0.2, 0.25) is 0 Å². The lowest BCUT2D eigenvalue weighted by atomic mass is 9.98. The van der Waals surface area contributed by atoms with E-state index in [1.807, 2.05) is 0 Å². The molecule has 0 fully saturated rings. The summed E-state index contributed by atoms with van der Waals surface area (Å²) < 4.78 is 31.9. The van der Waals surface area contributed by atoms with Crippen molar-refractivity contribution < 1.29 is 18.3 Å². The molecule has 0 radical (unpaired) electrons. The summed E-state index contributed by atoms with van der Waals surface area (Å²) in [4.78, 5) is 11.4. The standard InChI is InChI=1S/C11H22F2N2O2/c1-7(2)8(11(12,13)6-14)15-9(16)17-10(3,4)5/h7-8H,6,14H2,1-5H3,(H,15,16). The van der Waals surface area contributed by atoms with Crippen LogP contribution in [-0.4, -0.2) is 30.2 Å². The maximum atomic E-state index is 13.5. The summed E-state index contributed by atoms with van der Waals surface area (Å²) in [6.07, 6.45) is -0.857. The smallest absolute Gasteiger partial charge is 0.408 e. The van der Waals surface area contributed by atoms with E-state index in [-0.39, 0.29) is 0 Å². The first-order chi connectivity index (χ1) is 7.49. The second-order valence-corrected chi connectivity index (χ2v) is 5.33. The topological polar surface area (TPSA) is 64.3 Å². The van der Waals surface area contributed by atoms with Gasteiger partial charge in [0.25, 0.3) is 5.92 Å². The highest BCUT2D eigenvalue weighted by molar-refractivity contribution is 5.68. The van der Waals surface area contributed by atoms with E-state index in [2.05, 4.69) is 5.32 Å². The third-order valence-corrected chi connectivity index (χ3v) is 2.07. The van der Waals surface area contributed by atoms with Gasteiger partial charge in [0.1, 0.15) is 5.60 Å². The number of carbonyl (C=O) groups excluding carboxylic acids is 1. The number of carbonyl (C=O) groups is 1. The lowest BCUT2D eigenvalue weighted by molar-refractivity contribution is -0.0460. The molecule has 0 aliphatic carbocycles. The molecule has 0 saturated carbocycles. The molecule has 1 atom stereocenters. The van der Waals surface area contributed by atoms with Crippen LogP contribution in [0, 0.1) is 5.92 Å². The molecule has 1 unspecified atom stereocenters. The molecule has 17 heavy (non-hydrogen) atoms. The summed E-state index contributed by atoms with van der Waals surface area (Å²) in [6, 6.07) is -1.33. The minimum Gasteiger partial charge on any atom is -0.444 e. The molecule has 0 spiro atoms. The Kier molecular flexibility index (Phi) is 5.32. The quantitative estimate of drug-likeness (QED) is 0.805. The summed E-state index contributed by atoms with van der Waals surface area (Å²) >= 11 is 0. The Labute approximate surface area is 101 Å². The summed E-state index contributed by atoms with van der Waals surface area (Å²) in [6.45, 7) is 7.36. The molecule has 0 rings (SSSR count). The molecule has 1 amide bonds. The van der Waals surface area contributed by atoms with Gasteiger partial charge in [-0.15, -0.1) is 0 Å². The van der Waals surface area contributed by atoms with Crippen molar-refractivity contribution in [3.8, 4) is 0 Å². The first-order valence-electron chi connectivity index (χ1n) is 5.57. The molecule has 102 valence electrons. The zero-order valence-corrected chi connectivity index (χ0v) is 11.0. The lowest BCUT2D eigenvalue weighted by Gasteiger charge is -2.30. The van der Waals surface area contributed by atoms with E-state index < -0.39 is 36.1 Å². The largest absolute Gasteiger partial charge is 0.444 e. The molecule has 6 heteroatoms. The number of nitrogens with one attached hydrogen (secondary N) is 1. The maximum Gasteiger partial charge on any atom is 0.408 e. The number of hydrogen-bond donors (Lipinski definition) is 2. The fourth-order valence-corrected chi connectivity index (χ4v) is 1.32. The Bertz CT molecular complexity index is 263. The number of hydrogen-bond acceptors (Lipinski definition) is 3. The third-order valence-electron chi connectivity index (χ3n) is 2.07. The predicted molar refractivity (Wildman–Crippen MR) is 62.0 cm³/mol. The number of alkyl halides is 2. The molecule has 0 aromatic carbocycles. The van der Waals surface area contributed by atoms with Crippen LogP contribution in [0.2, 0.25) is 0 Å². The predicted octanol–water partition coefficient (Wildman–Crippen LogP) is 2.13. The van der Waals surface area contributed by atoms with E-state index in [1.165, 1.54) is 0 Å². The molecular formula is C11H22F2N2O2. The molecular weight excluding hydrogens is 230 g/mol. The van der Waals surface area contributed by atoms with Gasteiger partial charge in [0.05, 0.1) is 12.6 Å². The Morgan fingerprint density at radius 3 is 2.12 bits per heavy atom. The van der Waals surface area contributed by atoms with Crippen molar-refractivity contribution in [3.05, 3.63) is 0 Å². The molecule has 0 heterocycles. The monoisotopic (exact) mass is 252 g/mol. The van der Waals surface area contributed by atoms with Crippen molar-refractivity contribution in [1.82, 2.24) is 5.32 Å². The van der Waals surface area contributed by atoms with Crippen molar-refractivity contribution >= 4 is 6.09 Å². The summed E-state index contributed by atoms with van der Waals surface area (Å²) in [5, 5.41) is 2.17. The van der Waals surface area contributed by atoms with Crippen LogP contribution in [-0.2, 0) is 4.74 Å². The van der Waals surface area contributed by atoms with E-state index in [9.17, 15) is 13.6 Å². The summed E-state index contributed by atoms with van der Waals surface area (Å²) in [7, 11) is 0. The van der Waals surface area contributed by atoms with Gasteiger partial charge in [-0.25, -0.2) is 13.6 Å². The zero-order valence-electron chi connectivity index (χ0n) is 11.0. The van der Waals surface area contributed by atoms with E-state index >= 15 is 0 Å². The maximum absolute atomic E-state index is 13.5. The number of alkyl carbamates (subject to hydrolysis) is 1. The molecule has 0 aliphatic heterocycles. The average molecular weight is 252 g/mol. The summed E-state index contributed by atoms with van der Waals surface area (Å²) in [5.74, 6) is -3.59. The number of rotatable bonds is 4. The molecule has 0 bridgehead atoms. The van der Waals surface area contributed by atoms with Crippen molar-refractivity contribution in [2.45, 2.75) is 52.2 Å². The van der Waals surface area contributed by atoms with Crippen molar-refractivity contribution in [3.63, 3.8) is 0 Å². The van der Waals surface area contributed by atoms with Gasteiger partial charge < -0.3 is 15.8 Å². The second kappa shape index (κ2) is 5.62. The van der Waals surface area contributed by atoms with Crippen LogP contribution >= 0.6 is 0 Å². The first kappa shape index (κ1) is 16.1. The van der Waals surface area contributed by atoms with Gasteiger partial charge >= 0.3 is 6.09 Å². The van der Waals surface area contributed by atoms with Gasteiger partial charge in [-0.05, 0) is 26.7 Å². The first-order valence-corrected chi connectivity index (χ1v) is 5.57. The highest BCUT2D eigenvalue weighted by Gasteiger charge is 2.41. The zero-order chi connectivity index (χ0) is 13.9. The van der Waals surface area contributed by atoms with E-state index in [4.69, 9.17) is 10.5 Å². The van der Waals surface area contributed by atoms with Crippen LogP contribution in [0.25, 0.3) is 0 Å². The van der Waals surface area contributed by atoms with Crippen molar-refractivity contribution in [2.24, 2.45) is 11.7 Å². The van der Waals surface area contributed by atoms with Crippen LogP contribution in [0.5, 0.6) is 0 Å². The Hall–Kier alpha value is -0.910. The van der Waals surface area contributed by atoms with Crippen LogP contribution in [0.15, 0.2) is 0 Å². The highest BCUT2D eigenvalue weighted by Crippen LogP contribution is 2.23. The second-order valence-electron chi connectivity index (χ2n) is 5.33. The van der Waals surface area contributed by atoms with Crippen LogP contribution < -0.4 is 11.1 Å². The van der Waals surface area contributed by atoms with Crippen molar-refractivity contribution in [2.75, 3.05) is 6.54 Å². The minimum absolute atomic E-state index is 0.443. The molecule has 3 N–H and O–H groups in total.